The molecule has 1 saturated carbocycles. The van der Waals surface area contributed by atoms with Crippen molar-refractivity contribution in [2.75, 3.05) is 5.32 Å². The van der Waals surface area contributed by atoms with E-state index in [9.17, 15) is 22.0 Å². The SMILES string of the molecule is FC(F)Cn1cc(NC2CCCC(C(F)(F)F)C2)cn1. The summed E-state index contributed by atoms with van der Waals surface area (Å²) in [6, 6.07) is -0.292. The number of hydrogen-bond acceptors (Lipinski definition) is 2. The summed E-state index contributed by atoms with van der Waals surface area (Å²) in [7, 11) is 0. The van der Waals surface area contributed by atoms with Gasteiger partial charge in [0.15, 0.2) is 0 Å². The number of anilines is 1. The monoisotopic (exact) mass is 297 g/mol. The maximum Gasteiger partial charge on any atom is 0.391 e. The summed E-state index contributed by atoms with van der Waals surface area (Å²) in [6.07, 6.45) is -2.59. The van der Waals surface area contributed by atoms with E-state index >= 15 is 0 Å². The maximum atomic E-state index is 12.7. The maximum absolute atomic E-state index is 12.7. The highest BCUT2D eigenvalue weighted by Crippen LogP contribution is 2.38. The summed E-state index contributed by atoms with van der Waals surface area (Å²) in [5.41, 5.74) is 0.485. The third-order valence-corrected chi connectivity index (χ3v) is 3.47. The topological polar surface area (TPSA) is 29.9 Å². The van der Waals surface area contributed by atoms with Crippen molar-refractivity contribution < 1.29 is 22.0 Å². The molecule has 2 rings (SSSR count). The number of rotatable bonds is 4. The molecular weight excluding hydrogens is 281 g/mol. The van der Waals surface area contributed by atoms with E-state index in [0.717, 1.165) is 4.68 Å². The highest BCUT2D eigenvalue weighted by atomic mass is 19.4. The van der Waals surface area contributed by atoms with Gasteiger partial charge in [0.1, 0.15) is 6.54 Å². The van der Waals surface area contributed by atoms with E-state index < -0.39 is 25.1 Å². The molecule has 2 unspecified atom stereocenters. The number of hydrogen-bond donors (Lipinski definition) is 1. The van der Waals surface area contributed by atoms with Gasteiger partial charge in [-0.25, -0.2) is 8.78 Å². The summed E-state index contributed by atoms with van der Waals surface area (Å²) in [4.78, 5) is 0. The molecule has 1 N–H and O–H groups in total. The molecule has 1 aromatic rings. The fraction of sp³-hybridized carbons (Fsp3) is 0.750. The summed E-state index contributed by atoms with van der Waals surface area (Å²) < 4.78 is 63.4. The number of alkyl halides is 5. The van der Waals surface area contributed by atoms with Gasteiger partial charge < -0.3 is 5.32 Å². The van der Waals surface area contributed by atoms with Gasteiger partial charge in [-0.1, -0.05) is 6.42 Å². The summed E-state index contributed by atoms with van der Waals surface area (Å²) in [5, 5.41) is 6.69. The Morgan fingerprint density at radius 2 is 2.10 bits per heavy atom. The van der Waals surface area contributed by atoms with E-state index in [1.165, 1.54) is 12.4 Å². The van der Waals surface area contributed by atoms with Gasteiger partial charge in [0.05, 0.1) is 17.8 Å². The van der Waals surface area contributed by atoms with Gasteiger partial charge in [-0.05, 0) is 19.3 Å². The molecule has 0 amide bonds. The van der Waals surface area contributed by atoms with E-state index in [1.807, 2.05) is 0 Å². The molecular formula is C12H16F5N3. The molecule has 1 aliphatic carbocycles. The number of aromatic nitrogens is 2. The van der Waals surface area contributed by atoms with Crippen molar-refractivity contribution in [1.82, 2.24) is 9.78 Å². The molecule has 0 bridgehead atoms. The van der Waals surface area contributed by atoms with Crippen LogP contribution in [0, 0.1) is 5.92 Å². The first-order valence-corrected chi connectivity index (χ1v) is 6.48. The minimum absolute atomic E-state index is 0.0174. The molecule has 1 aliphatic rings. The third-order valence-electron chi connectivity index (χ3n) is 3.47. The van der Waals surface area contributed by atoms with Crippen molar-refractivity contribution in [3.63, 3.8) is 0 Å². The first kappa shape index (κ1) is 15.1. The second-order valence-corrected chi connectivity index (χ2v) is 5.09. The van der Waals surface area contributed by atoms with Crippen LogP contribution in [0.2, 0.25) is 0 Å². The van der Waals surface area contributed by atoms with Crippen LogP contribution in [0.4, 0.5) is 27.6 Å². The highest BCUT2D eigenvalue weighted by Gasteiger charge is 2.42. The molecule has 8 heteroatoms. The Balaban J connectivity index is 1.91. The van der Waals surface area contributed by atoms with Crippen LogP contribution in [0.25, 0.3) is 0 Å². The fourth-order valence-electron chi connectivity index (χ4n) is 2.53. The van der Waals surface area contributed by atoms with Crippen LogP contribution in [0.3, 0.4) is 0 Å². The van der Waals surface area contributed by atoms with Crippen molar-refractivity contribution >= 4 is 5.69 Å². The molecule has 20 heavy (non-hydrogen) atoms. The Morgan fingerprint density at radius 3 is 2.75 bits per heavy atom. The summed E-state index contributed by atoms with van der Waals surface area (Å²) >= 11 is 0. The largest absolute Gasteiger partial charge is 0.391 e. The summed E-state index contributed by atoms with van der Waals surface area (Å²) in [6.45, 7) is -0.516. The van der Waals surface area contributed by atoms with E-state index in [-0.39, 0.29) is 18.9 Å². The molecule has 114 valence electrons. The van der Waals surface area contributed by atoms with Gasteiger partial charge in [-0.3, -0.25) is 4.68 Å². The van der Waals surface area contributed by atoms with E-state index in [1.54, 1.807) is 0 Å². The second-order valence-electron chi connectivity index (χ2n) is 5.09. The molecule has 0 saturated heterocycles. The van der Waals surface area contributed by atoms with Crippen molar-refractivity contribution in [3.05, 3.63) is 12.4 Å². The van der Waals surface area contributed by atoms with E-state index in [2.05, 4.69) is 10.4 Å². The lowest BCUT2D eigenvalue weighted by Gasteiger charge is -2.31. The average Bonchev–Trinajstić information content (AvgIpc) is 2.75. The molecule has 2 atom stereocenters. The van der Waals surface area contributed by atoms with Crippen LogP contribution >= 0.6 is 0 Å². The van der Waals surface area contributed by atoms with Crippen molar-refractivity contribution in [2.45, 2.75) is 50.9 Å². The number of nitrogens with one attached hydrogen (secondary N) is 1. The van der Waals surface area contributed by atoms with Crippen molar-refractivity contribution in [2.24, 2.45) is 5.92 Å². The third kappa shape index (κ3) is 4.08. The van der Waals surface area contributed by atoms with Crippen LogP contribution in [0.5, 0.6) is 0 Å². The van der Waals surface area contributed by atoms with Gasteiger partial charge in [0.25, 0.3) is 6.43 Å². The predicted molar refractivity (Wildman–Crippen MR) is 63.7 cm³/mol. The molecule has 0 aromatic carbocycles. The van der Waals surface area contributed by atoms with Gasteiger partial charge in [0, 0.05) is 12.2 Å². The first-order valence-electron chi connectivity index (χ1n) is 6.48. The Bertz CT molecular complexity index is 429. The quantitative estimate of drug-likeness (QED) is 0.859. The summed E-state index contributed by atoms with van der Waals surface area (Å²) in [5.74, 6) is -1.29. The molecule has 0 radical (unpaired) electrons. The van der Waals surface area contributed by atoms with Crippen molar-refractivity contribution in [1.29, 1.82) is 0 Å². The predicted octanol–water partition coefficient (Wildman–Crippen LogP) is 3.68. The van der Waals surface area contributed by atoms with Crippen LogP contribution in [-0.2, 0) is 6.54 Å². The Labute approximate surface area is 113 Å². The fourth-order valence-corrected chi connectivity index (χ4v) is 2.53. The zero-order chi connectivity index (χ0) is 14.8. The molecule has 0 aliphatic heterocycles. The zero-order valence-electron chi connectivity index (χ0n) is 10.7. The molecule has 0 spiro atoms. The average molecular weight is 297 g/mol. The van der Waals surface area contributed by atoms with Crippen LogP contribution in [0.1, 0.15) is 25.7 Å². The lowest BCUT2D eigenvalue weighted by molar-refractivity contribution is -0.182. The van der Waals surface area contributed by atoms with Crippen LogP contribution in [0.15, 0.2) is 12.4 Å². The van der Waals surface area contributed by atoms with Gasteiger partial charge in [-0.15, -0.1) is 0 Å². The van der Waals surface area contributed by atoms with Crippen LogP contribution < -0.4 is 5.32 Å². The highest BCUT2D eigenvalue weighted by molar-refractivity contribution is 5.39. The molecule has 1 heterocycles. The minimum atomic E-state index is -4.17. The lowest BCUT2D eigenvalue weighted by Crippen LogP contribution is -2.34. The van der Waals surface area contributed by atoms with Crippen LogP contribution in [-0.4, -0.2) is 28.4 Å². The Morgan fingerprint density at radius 1 is 1.35 bits per heavy atom. The lowest BCUT2D eigenvalue weighted by atomic mass is 9.85. The molecule has 1 aromatic heterocycles. The van der Waals surface area contributed by atoms with E-state index in [4.69, 9.17) is 0 Å². The zero-order valence-corrected chi connectivity index (χ0v) is 10.7. The number of nitrogens with zero attached hydrogens (tertiary/aromatic N) is 2. The Hall–Kier alpha value is -1.34. The van der Waals surface area contributed by atoms with E-state index in [0.29, 0.717) is 18.5 Å². The van der Waals surface area contributed by atoms with Gasteiger partial charge in [0.2, 0.25) is 0 Å². The smallest absolute Gasteiger partial charge is 0.380 e. The van der Waals surface area contributed by atoms with Gasteiger partial charge in [-0.2, -0.15) is 18.3 Å². The first-order chi connectivity index (χ1) is 9.34. The second kappa shape index (κ2) is 5.97. The Kier molecular flexibility index (Phi) is 4.49. The standard InChI is InChI=1S/C12H16F5N3/c13-11(14)7-20-6-10(5-18-20)19-9-3-1-2-8(4-9)12(15,16)17/h5-6,8-9,11,19H,1-4,7H2. The molecule has 3 nitrogen and oxygen atoms in total. The van der Waals surface area contributed by atoms with Crippen molar-refractivity contribution in [3.8, 4) is 0 Å². The van der Waals surface area contributed by atoms with Gasteiger partial charge >= 0.3 is 6.18 Å². The molecule has 1 fully saturated rings. The number of halogens is 5. The minimum Gasteiger partial charge on any atom is -0.380 e. The normalized spacial score (nSPS) is 24.1.